The number of allylic oxidation sites excluding steroid dienone is 7. The highest BCUT2D eigenvalue weighted by Gasteiger charge is 2.09. The SMILES string of the molecule is C=C(CSC1=CC=C(CC(=S)c2ccc(C)nc2)CC=C1)C1=CNC(C)C=C1. The van der Waals surface area contributed by atoms with E-state index in [-0.39, 0.29) is 0 Å². The molecule has 1 N–H and O–H groups in total. The molecule has 2 aliphatic rings. The van der Waals surface area contributed by atoms with Gasteiger partial charge in [-0.2, -0.15) is 0 Å². The first-order valence-corrected chi connectivity index (χ1v) is 10.9. The number of aromatic nitrogens is 1. The van der Waals surface area contributed by atoms with Gasteiger partial charge in [0.25, 0.3) is 0 Å². The van der Waals surface area contributed by atoms with Crippen molar-refractivity contribution in [1.82, 2.24) is 10.3 Å². The maximum absolute atomic E-state index is 5.62. The lowest BCUT2D eigenvalue weighted by atomic mass is 10.0. The van der Waals surface area contributed by atoms with Crippen LogP contribution in [0.15, 0.2) is 89.2 Å². The number of aryl methyl sites for hydroxylation is 1. The fourth-order valence-electron chi connectivity index (χ4n) is 2.86. The fourth-order valence-corrected chi connectivity index (χ4v) is 4.04. The van der Waals surface area contributed by atoms with E-state index in [0.29, 0.717) is 6.04 Å². The van der Waals surface area contributed by atoms with Crippen LogP contribution >= 0.6 is 24.0 Å². The van der Waals surface area contributed by atoms with Crippen LogP contribution in [0.2, 0.25) is 0 Å². The first-order valence-electron chi connectivity index (χ1n) is 9.49. The minimum atomic E-state index is 0.391. The number of rotatable bonds is 7. The summed E-state index contributed by atoms with van der Waals surface area (Å²) in [5.74, 6) is 0.874. The summed E-state index contributed by atoms with van der Waals surface area (Å²) in [6, 6.07) is 4.46. The molecule has 0 bridgehead atoms. The molecule has 0 spiro atoms. The predicted octanol–water partition coefficient (Wildman–Crippen LogP) is 5.99. The molecule has 3 rings (SSSR count). The van der Waals surface area contributed by atoms with E-state index in [1.54, 1.807) is 0 Å². The van der Waals surface area contributed by atoms with Crippen molar-refractivity contribution >= 4 is 28.8 Å². The fraction of sp³-hybridized carbons (Fsp3) is 0.250. The van der Waals surface area contributed by atoms with Gasteiger partial charge in [0.1, 0.15) is 0 Å². The first kappa shape index (κ1) is 20.6. The van der Waals surface area contributed by atoms with Crippen LogP contribution in [0.3, 0.4) is 0 Å². The lowest BCUT2D eigenvalue weighted by molar-refractivity contribution is 0.755. The van der Waals surface area contributed by atoms with E-state index in [4.69, 9.17) is 12.2 Å². The summed E-state index contributed by atoms with van der Waals surface area (Å²) < 4.78 is 0. The molecule has 4 heteroatoms. The van der Waals surface area contributed by atoms with E-state index in [9.17, 15) is 0 Å². The third-order valence-electron chi connectivity index (χ3n) is 4.65. The topological polar surface area (TPSA) is 24.9 Å². The van der Waals surface area contributed by atoms with E-state index in [1.807, 2.05) is 30.9 Å². The smallest absolute Gasteiger partial charge is 0.0414 e. The Labute approximate surface area is 177 Å². The quantitative estimate of drug-likeness (QED) is 0.444. The van der Waals surface area contributed by atoms with Crippen molar-refractivity contribution in [3.63, 3.8) is 0 Å². The molecule has 1 aromatic heterocycles. The van der Waals surface area contributed by atoms with Crippen molar-refractivity contribution in [3.8, 4) is 0 Å². The number of hydrogen-bond acceptors (Lipinski definition) is 4. The first-order chi connectivity index (χ1) is 13.5. The van der Waals surface area contributed by atoms with Gasteiger partial charge in [-0.1, -0.05) is 60.8 Å². The monoisotopic (exact) mass is 406 g/mol. The number of nitrogens with zero attached hydrogens (tertiary/aromatic N) is 1. The van der Waals surface area contributed by atoms with Crippen LogP contribution in [0.4, 0.5) is 0 Å². The van der Waals surface area contributed by atoms with Crippen molar-refractivity contribution in [2.24, 2.45) is 0 Å². The lowest BCUT2D eigenvalue weighted by Gasteiger charge is -2.16. The summed E-state index contributed by atoms with van der Waals surface area (Å²) in [4.78, 5) is 6.55. The zero-order valence-corrected chi connectivity index (χ0v) is 18.1. The second-order valence-electron chi connectivity index (χ2n) is 7.10. The Bertz CT molecular complexity index is 899. The summed E-state index contributed by atoms with van der Waals surface area (Å²) >= 11 is 7.44. The molecule has 0 amide bonds. The number of nitrogens with one attached hydrogen (secondary N) is 1. The minimum absolute atomic E-state index is 0.391. The van der Waals surface area contributed by atoms with Crippen LogP contribution < -0.4 is 5.32 Å². The van der Waals surface area contributed by atoms with Crippen molar-refractivity contribution in [3.05, 3.63) is 100 Å². The maximum Gasteiger partial charge on any atom is 0.0414 e. The Morgan fingerprint density at radius 2 is 2.18 bits per heavy atom. The molecular formula is C24H26N2S2. The standard InChI is InChI=1S/C24H26N2S2/c1-17(21-10-7-18(2)25-14-21)16-28-23-6-4-5-20(9-12-23)13-24(27)22-11-8-19(3)26-15-22/h4,6-12,14-15,18,25H,1,5,13,16H2,2-3H3. The molecule has 0 radical (unpaired) electrons. The number of thioether (sulfide) groups is 1. The van der Waals surface area contributed by atoms with Gasteiger partial charge in [0.15, 0.2) is 0 Å². The van der Waals surface area contributed by atoms with Crippen LogP contribution in [-0.4, -0.2) is 21.6 Å². The number of thiocarbonyl (C=S) groups is 1. The second kappa shape index (κ2) is 9.85. The Morgan fingerprint density at radius 1 is 1.32 bits per heavy atom. The van der Waals surface area contributed by atoms with Gasteiger partial charge < -0.3 is 5.32 Å². The van der Waals surface area contributed by atoms with E-state index in [1.165, 1.54) is 16.1 Å². The summed E-state index contributed by atoms with van der Waals surface area (Å²) in [5, 5.41) is 3.33. The third-order valence-corrected chi connectivity index (χ3v) is 6.13. The van der Waals surface area contributed by atoms with Crippen LogP contribution in [-0.2, 0) is 0 Å². The highest BCUT2D eigenvalue weighted by Crippen LogP contribution is 2.27. The second-order valence-corrected chi connectivity index (χ2v) is 8.64. The normalized spacial score (nSPS) is 18.5. The molecule has 1 atom stereocenters. The highest BCUT2D eigenvalue weighted by atomic mass is 32.2. The van der Waals surface area contributed by atoms with Gasteiger partial charge in [0, 0.05) is 51.6 Å². The number of dihydropyridines is 1. The zero-order chi connectivity index (χ0) is 19.9. The maximum atomic E-state index is 5.62. The number of pyridine rings is 1. The molecule has 1 aliphatic heterocycles. The zero-order valence-electron chi connectivity index (χ0n) is 16.4. The summed E-state index contributed by atoms with van der Waals surface area (Å²) in [7, 11) is 0. The van der Waals surface area contributed by atoms with Gasteiger partial charge in [0.05, 0.1) is 0 Å². The molecule has 0 saturated carbocycles. The van der Waals surface area contributed by atoms with Gasteiger partial charge >= 0.3 is 0 Å². The summed E-state index contributed by atoms with van der Waals surface area (Å²) in [5.41, 5.74) is 5.70. The molecule has 0 fully saturated rings. The Morgan fingerprint density at radius 3 is 2.89 bits per heavy atom. The summed E-state index contributed by atoms with van der Waals surface area (Å²) in [6.45, 7) is 8.36. The molecule has 28 heavy (non-hydrogen) atoms. The minimum Gasteiger partial charge on any atom is -0.384 e. The van der Waals surface area contributed by atoms with E-state index >= 15 is 0 Å². The van der Waals surface area contributed by atoms with Gasteiger partial charge in [-0.05, 0) is 43.6 Å². The molecule has 144 valence electrons. The predicted molar refractivity (Wildman–Crippen MR) is 127 cm³/mol. The van der Waals surface area contributed by atoms with Crippen molar-refractivity contribution in [2.45, 2.75) is 32.7 Å². The van der Waals surface area contributed by atoms with E-state index < -0.39 is 0 Å². The molecule has 0 saturated heterocycles. The molecule has 1 aliphatic carbocycles. The Balaban J connectivity index is 1.56. The molecule has 2 heterocycles. The van der Waals surface area contributed by atoms with Crippen molar-refractivity contribution in [2.75, 3.05) is 5.75 Å². The molecule has 1 aromatic rings. The number of hydrogen-bond donors (Lipinski definition) is 1. The van der Waals surface area contributed by atoms with Crippen molar-refractivity contribution in [1.29, 1.82) is 0 Å². The summed E-state index contributed by atoms with van der Waals surface area (Å²) in [6.07, 6.45) is 18.8. The molecule has 0 aromatic carbocycles. The average molecular weight is 407 g/mol. The molecule has 2 nitrogen and oxygen atoms in total. The third kappa shape index (κ3) is 5.91. The van der Waals surface area contributed by atoms with Gasteiger partial charge in [-0.3, -0.25) is 4.98 Å². The van der Waals surface area contributed by atoms with Gasteiger partial charge in [-0.15, -0.1) is 11.8 Å². The van der Waals surface area contributed by atoms with E-state index in [0.717, 1.165) is 40.3 Å². The van der Waals surface area contributed by atoms with Crippen LogP contribution in [0.5, 0.6) is 0 Å². The molecule has 1 unspecified atom stereocenters. The molecular weight excluding hydrogens is 380 g/mol. The highest BCUT2D eigenvalue weighted by molar-refractivity contribution is 8.03. The van der Waals surface area contributed by atoms with Crippen LogP contribution in [0.1, 0.15) is 31.0 Å². The van der Waals surface area contributed by atoms with Crippen molar-refractivity contribution < 1.29 is 0 Å². The lowest BCUT2D eigenvalue weighted by Crippen LogP contribution is -2.21. The average Bonchev–Trinajstić information content (AvgIpc) is 2.92. The van der Waals surface area contributed by atoms with Gasteiger partial charge in [0.2, 0.25) is 0 Å². The van der Waals surface area contributed by atoms with E-state index in [2.05, 4.69) is 72.5 Å². The Kier molecular flexibility index (Phi) is 7.24. The van der Waals surface area contributed by atoms with Gasteiger partial charge in [-0.25, -0.2) is 0 Å². The Hall–Kier alpha value is -2.17. The largest absolute Gasteiger partial charge is 0.384 e. The van der Waals surface area contributed by atoms with Crippen LogP contribution in [0.25, 0.3) is 0 Å². The van der Waals surface area contributed by atoms with Crippen LogP contribution in [0, 0.1) is 6.92 Å².